The van der Waals surface area contributed by atoms with Gasteiger partial charge in [0.1, 0.15) is 0 Å². The van der Waals surface area contributed by atoms with E-state index in [1.165, 1.54) is 0 Å². The van der Waals surface area contributed by atoms with Gasteiger partial charge in [-0.05, 0) is 59.8 Å². The maximum Gasteiger partial charge on any atom is 0.259 e. The second kappa shape index (κ2) is 9.37. The first-order valence-corrected chi connectivity index (χ1v) is 12.9. The third-order valence-corrected chi connectivity index (χ3v) is 8.24. The van der Waals surface area contributed by atoms with E-state index in [0.717, 1.165) is 16.0 Å². The zero-order valence-electron chi connectivity index (χ0n) is 18.5. The summed E-state index contributed by atoms with van der Waals surface area (Å²) < 4.78 is 13.5. The van der Waals surface area contributed by atoms with Gasteiger partial charge in [0.25, 0.3) is 11.8 Å². The van der Waals surface area contributed by atoms with E-state index in [2.05, 4.69) is 5.32 Å². The predicted molar refractivity (Wildman–Crippen MR) is 135 cm³/mol. The van der Waals surface area contributed by atoms with Gasteiger partial charge in [0.15, 0.2) is 0 Å². The van der Waals surface area contributed by atoms with Crippen molar-refractivity contribution in [3.8, 4) is 0 Å². The topological polar surface area (TPSA) is 66.5 Å². The van der Waals surface area contributed by atoms with Crippen molar-refractivity contribution in [2.24, 2.45) is 0 Å². The Morgan fingerprint density at radius 2 is 1.76 bits per heavy atom. The van der Waals surface area contributed by atoms with Crippen LogP contribution in [0.3, 0.4) is 0 Å². The molecule has 2 amide bonds. The van der Waals surface area contributed by atoms with Crippen molar-refractivity contribution >= 4 is 39.6 Å². The van der Waals surface area contributed by atoms with Gasteiger partial charge in [-0.25, -0.2) is 4.21 Å². The van der Waals surface area contributed by atoms with Crippen molar-refractivity contribution in [1.29, 1.82) is 0 Å². The number of thiophene rings is 1. The van der Waals surface area contributed by atoms with E-state index in [4.69, 9.17) is 0 Å². The number of fused-ring (bicyclic) bond motifs is 2. The Bertz CT molecular complexity index is 1410. The Kier molecular flexibility index (Phi) is 6.13. The summed E-state index contributed by atoms with van der Waals surface area (Å²) in [5, 5.41) is 4.89. The van der Waals surface area contributed by atoms with Crippen molar-refractivity contribution in [3.63, 3.8) is 0 Å². The zero-order chi connectivity index (χ0) is 23.7. The van der Waals surface area contributed by atoms with Gasteiger partial charge in [-0.3, -0.25) is 9.59 Å². The number of hydrogen-bond donors (Lipinski definition) is 1. The van der Waals surface area contributed by atoms with Crippen molar-refractivity contribution in [2.75, 3.05) is 4.90 Å². The van der Waals surface area contributed by atoms with Crippen LogP contribution >= 0.6 is 11.3 Å². The first kappa shape index (κ1) is 22.3. The molecular formula is C27H22N2O3S2. The molecule has 1 aromatic heterocycles. The van der Waals surface area contributed by atoms with E-state index < -0.39 is 10.8 Å². The third-order valence-electron chi connectivity index (χ3n) is 5.87. The Balaban J connectivity index is 1.58. The summed E-state index contributed by atoms with van der Waals surface area (Å²) in [6.07, 6.45) is 0. The lowest BCUT2D eigenvalue weighted by molar-refractivity contribution is 0.0947. The van der Waals surface area contributed by atoms with Gasteiger partial charge in [0, 0.05) is 10.4 Å². The van der Waals surface area contributed by atoms with Crippen molar-refractivity contribution in [2.45, 2.75) is 29.8 Å². The average Bonchev–Trinajstić information content (AvgIpc) is 3.37. The van der Waals surface area contributed by atoms with E-state index >= 15 is 0 Å². The molecule has 1 N–H and O–H groups in total. The summed E-state index contributed by atoms with van der Waals surface area (Å²) >= 11 is 1.57. The van der Waals surface area contributed by atoms with Crippen molar-refractivity contribution < 1.29 is 13.8 Å². The van der Waals surface area contributed by atoms with Gasteiger partial charge in [-0.1, -0.05) is 42.5 Å². The van der Waals surface area contributed by atoms with Crippen LogP contribution in [0.15, 0.2) is 94.0 Å². The summed E-state index contributed by atoms with van der Waals surface area (Å²) in [4.78, 5) is 30.3. The number of benzene rings is 3. The molecule has 0 spiro atoms. The highest BCUT2D eigenvalue weighted by atomic mass is 32.2. The first-order valence-electron chi connectivity index (χ1n) is 10.8. The first-order chi connectivity index (χ1) is 16.5. The summed E-state index contributed by atoms with van der Waals surface area (Å²) in [5.74, 6) is -0.478. The number of aryl methyl sites for hydroxylation is 1. The maximum absolute atomic E-state index is 13.7. The zero-order valence-corrected chi connectivity index (χ0v) is 20.1. The van der Waals surface area contributed by atoms with E-state index in [0.29, 0.717) is 39.7 Å². The molecule has 0 radical (unpaired) electrons. The van der Waals surface area contributed by atoms with Crippen LogP contribution in [0.2, 0.25) is 0 Å². The molecule has 1 aliphatic heterocycles. The summed E-state index contributed by atoms with van der Waals surface area (Å²) in [7, 11) is -1.55. The SMILES string of the molecule is Cc1ccccc1CN1C(=O)c2ccccc2S(=O)c2ccc(C(=O)NCc3cccs3)cc21. The molecule has 3 aromatic carbocycles. The molecule has 5 nitrogen and oxygen atoms in total. The number of carbonyl (C=O) groups is 2. The standard InChI is InChI=1S/C27H22N2O3S2/c1-18-7-2-3-8-20(18)17-29-23-15-19(26(30)28-16-21-9-6-14-33-21)12-13-25(23)34(32)24-11-5-4-10-22(24)27(29)31/h2-15H,16-17H2,1H3,(H,28,30). The molecule has 170 valence electrons. The molecular weight excluding hydrogens is 464 g/mol. The van der Waals surface area contributed by atoms with Gasteiger partial charge < -0.3 is 10.2 Å². The molecule has 34 heavy (non-hydrogen) atoms. The fourth-order valence-electron chi connectivity index (χ4n) is 4.00. The van der Waals surface area contributed by atoms with Crippen LogP contribution in [0.4, 0.5) is 5.69 Å². The highest BCUT2D eigenvalue weighted by Gasteiger charge is 2.31. The quantitative estimate of drug-likeness (QED) is 0.416. The Labute approximate surface area is 204 Å². The second-order valence-corrected chi connectivity index (χ2v) is 10.5. The third kappa shape index (κ3) is 4.20. The number of nitrogens with zero attached hydrogens (tertiary/aromatic N) is 1. The summed E-state index contributed by atoms with van der Waals surface area (Å²) in [6, 6.07) is 23.8. The Morgan fingerprint density at radius 1 is 0.971 bits per heavy atom. The molecule has 7 heteroatoms. The van der Waals surface area contributed by atoms with E-state index in [1.54, 1.807) is 58.7 Å². The number of nitrogens with one attached hydrogen (secondary N) is 1. The lowest BCUT2D eigenvalue weighted by atomic mass is 10.1. The highest BCUT2D eigenvalue weighted by molar-refractivity contribution is 7.85. The van der Waals surface area contributed by atoms with Gasteiger partial charge in [-0.2, -0.15) is 0 Å². The molecule has 0 fully saturated rings. The number of hydrogen-bond acceptors (Lipinski definition) is 4. The molecule has 5 rings (SSSR count). The average molecular weight is 487 g/mol. The fraction of sp³-hybridized carbons (Fsp3) is 0.111. The van der Waals surface area contributed by atoms with Gasteiger partial charge in [0.05, 0.1) is 44.9 Å². The molecule has 0 saturated heterocycles. The Morgan fingerprint density at radius 3 is 2.56 bits per heavy atom. The lowest BCUT2D eigenvalue weighted by Gasteiger charge is -2.24. The van der Waals surface area contributed by atoms with E-state index in [-0.39, 0.29) is 11.8 Å². The van der Waals surface area contributed by atoms with Crippen LogP contribution in [0.5, 0.6) is 0 Å². The van der Waals surface area contributed by atoms with Gasteiger partial charge in [0.2, 0.25) is 0 Å². The maximum atomic E-state index is 13.7. The van der Waals surface area contributed by atoms with Crippen LogP contribution in [0, 0.1) is 6.92 Å². The summed E-state index contributed by atoms with van der Waals surface area (Å²) in [5.41, 5.74) is 3.36. The molecule has 0 aliphatic carbocycles. The lowest BCUT2D eigenvalue weighted by Crippen LogP contribution is -2.31. The predicted octanol–water partition coefficient (Wildman–Crippen LogP) is 5.31. The van der Waals surface area contributed by atoms with E-state index in [9.17, 15) is 13.8 Å². The van der Waals surface area contributed by atoms with Crippen LogP contribution < -0.4 is 10.2 Å². The Hall–Kier alpha value is -3.55. The second-order valence-electron chi connectivity index (χ2n) is 8.03. The minimum atomic E-state index is -1.55. The van der Waals surface area contributed by atoms with E-state index in [1.807, 2.05) is 48.7 Å². The van der Waals surface area contributed by atoms with Gasteiger partial charge >= 0.3 is 0 Å². The smallest absolute Gasteiger partial charge is 0.259 e. The number of rotatable bonds is 5. The largest absolute Gasteiger partial charge is 0.347 e. The van der Waals surface area contributed by atoms with Crippen LogP contribution in [-0.2, 0) is 23.9 Å². The fourth-order valence-corrected chi connectivity index (χ4v) is 5.99. The van der Waals surface area contributed by atoms with Crippen LogP contribution in [0.25, 0.3) is 0 Å². The molecule has 0 bridgehead atoms. The number of carbonyl (C=O) groups excluding carboxylic acids is 2. The molecule has 4 aromatic rings. The molecule has 0 saturated carbocycles. The normalized spacial score (nSPS) is 14.8. The van der Waals surface area contributed by atoms with Crippen molar-refractivity contribution in [3.05, 3.63) is 111 Å². The number of amides is 2. The minimum Gasteiger partial charge on any atom is -0.347 e. The molecule has 1 atom stereocenters. The van der Waals surface area contributed by atoms with Crippen molar-refractivity contribution in [1.82, 2.24) is 5.32 Å². The molecule has 1 unspecified atom stereocenters. The van der Waals surface area contributed by atoms with Crippen LogP contribution in [0.1, 0.15) is 36.7 Å². The number of anilines is 1. The molecule has 2 heterocycles. The summed E-state index contributed by atoms with van der Waals surface area (Å²) in [6.45, 7) is 2.74. The van der Waals surface area contributed by atoms with Gasteiger partial charge in [-0.15, -0.1) is 11.3 Å². The molecule has 1 aliphatic rings. The highest BCUT2D eigenvalue weighted by Crippen LogP contribution is 2.36. The monoisotopic (exact) mass is 486 g/mol. The van der Waals surface area contributed by atoms with Crippen LogP contribution in [-0.4, -0.2) is 16.0 Å². The minimum absolute atomic E-state index is 0.234.